The Kier molecular flexibility index (Phi) is 4.11. The van der Waals surface area contributed by atoms with Crippen LogP contribution >= 0.6 is 11.8 Å². The molecule has 2 aliphatic rings. The summed E-state index contributed by atoms with van der Waals surface area (Å²) in [6, 6.07) is -0.777. The summed E-state index contributed by atoms with van der Waals surface area (Å²) >= 11 is 1.93. The molecular formula is C15H26N2O2S. The molecule has 114 valence electrons. The van der Waals surface area contributed by atoms with Gasteiger partial charge in [0, 0.05) is 11.3 Å². The molecule has 0 aromatic carbocycles. The van der Waals surface area contributed by atoms with Crippen molar-refractivity contribution in [2.24, 2.45) is 5.41 Å². The number of carbonyl (C=O) groups excluding carboxylic acids is 2. The first-order valence-corrected chi connectivity index (χ1v) is 8.37. The van der Waals surface area contributed by atoms with Gasteiger partial charge in [-0.3, -0.25) is 9.59 Å². The Morgan fingerprint density at radius 2 is 2.05 bits per heavy atom. The fourth-order valence-corrected chi connectivity index (χ4v) is 4.25. The highest BCUT2D eigenvalue weighted by Gasteiger charge is 2.46. The molecule has 0 spiro atoms. The fourth-order valence-electron chi connectivity index (χ4n) is 2.95. The average Bonchev–Trinajstić information content (AvgIpc) is 2.75. The smallest absolute Gasteiger partial charge is 0.246 e. The Hall–Kier alpha value is -0.710. The number of nitrogens with one attached hydrogen (secondary N) is 1. The zero-order valence-corrected chi connectivity index (χ0v) is 14.0. The van der Waals surface area contributed by atoms with Crippen molar-refractivity contribution < 1.29 is 9.59 Å². The van der Waals surface area contributed by atoms with E-state index >= 15 is 0 Å². The molecule has 4 nitrogen and oxygen atoms in total. The van der Waals surface area contributed by atoms with Crippen molar-refractivity contribution in [3.05, 3.63) is 0 Å². The molecule has 2 rings (SSSR count). The maximum Gasteiger partial charge on any atom is 0.246 e. The second-order valence-corrected chi connectivity index (χ2v) is 9.03. The van der Waals surface area contributed by atoms with Gasteiger partial charge in [-0.25, -0.2) is 0 Å². The lowest BCUT2D eigenvalue weighted by atomic mass is 9.83. The Balaban J connectivity index is 2.20. The van der Waals surface area contributed by atoms with Crippen molar-refractivity contribution in [3.63, 3.8) is 0 Å². The predicted octanol–water partition coefficient (Wildman–Crippen LogP) is 2.03. The molecule has 2 amide bonds. The number of amides is 2. The molecule has 0 saturated carbocycles. The summed E-state index contributed by atoms with van der Waals surface area (Å²) in [5, 5.41) is 2.89. The molecular weight excluding hydrogens is 272 g/mol. The summed E-state index contributed by atoms with van der Waals surface area (Å²) < 4.78 is 0.101. The topological polar surface area (TPSA) is 49.4 Å². The molecule has 0 aromatic rings. The standard InChI is InChI=1S/C15H26N2O2S/c1-10-12(18)16-11(14(2,3)4)13(19)17(10)9-15(5)7-6-8-20-15/h10-11H,6-9H2,1-5H3,(H,16,18). The van der Waals surface area contributed by atoms with Gasteiger partial charge < -0.3 is 10.2 Å². The lowest BCUT2D eigenvalue weighted by molar-refractivity contribution is -0.152. The SMILES string of the molecule is CC1C(=O)NC(C(C)(C)C)C(=O)N1CC1(C)CCCS1. The average molecular weight is 298 g/mol. The van der Waals surface area contributed by atoms with Crippen LogP contribution < -0.4 is 5.32 Å². The van der Waals surface area contributed by atoms with Crippen molar-refractivity contribution >= 4 is 23.6 Å². The molecule has 0 bridgehead atoms. The zero-order valence-electron chi connectivity index (χ0n) is 13.2. The third-order valence-electron chi connectivity index (χ3n) is 4.33. The van der Waals surface area contributed by atoms with Gasteiger partial charge in [0.15, 0.2) is 0 Å². The van der Waals surface area contributed by atoms with E-state index in [1.807, 2.05) is 39.5 Å². The van der Waals surface area contributed by atoms with E-state index in [4.69, 9.17) is 0 Å². The number of thioether (sulfide) groups is 1. The van der Waals surface area contributed by atoms with Crippen LogP contribution in [-0.2, 0) is 9.59 Å². The predicted molar refractivity (Wildman–Crippen MR) is 82.7 cm³/mol. The van der Waals surface area contributed by atoms with E-state index in [1.54, 1.807) is 4.90 Å². The molecule has 0 radical (unpaired) electrons. The summed E-state index contributed by atoms with van der Waals surface area (Å²) in [7, 11) is 0. The van der Waals surface area contributed by atoms with E-state index in [2.05, 4.69) is 12.2 Å². The molecule has 2 saturated heterocycles. The molecule has 0 aliphatic carbocycles. The molecule has 2 aliphatic heterocycles. The maximum absolute atomic E-state index is 12.8. The van der Waals surface area contributed by atoms with Crippen LogP contribution in [0.2, 0.25) is 0 Å². The van der Waals surface area contributed by atoms with Crippen LogP contribution in [0.5, 0.6) is 0 Å². The van der Waals surface area contributed by atoms with Gasteiger partial charge in [0.1, 0.15) is 12.1 Å². The van der Waals surface area contributed by atoms with Crippen molar-refractivity contribution in [1.29, 1.82) is 0 Å². The lowest BCUT2D eigenvalue weighted by Gasteiger charge is -2.44. The molecule has 3 atom stereocenters. The minimum absolute atomic E-state index is 0.0314. The normalized spacial score (nSPS) is 35.4. The van der Waals surface area contributed by atoms with Gasteiger partial charge in [0.05, 0.1) is 0 Å². The van der Waals surface area contributed by atoms with Crippen LogP contribution in [0.15, 0.2) is 0 Å². The van der Waals surface area contributed by atoms with Gasteiger partial charge in [-0.1, -0.05) is 20.8 Å². The van der Waals surface area contributed by atoms with Crippen LogP contribution in [0.25, 0.3) is 0 Å². The second kappa shape index (κ2) is 5.24. The summed E-state index contributed by atoms with van der Waals surface area (Å²) in [4.78, 5) is 26.7. The van der Waals surface area contributed by atoms with E-state index < -0.39 is 6.04 Å². The molecule has 0 aromatic heterocycles. The van der Waals surface area contributed by atoms with E-state index in [9.17, 15) is 9.59 Å². The van der Waals surface area contributed by atoms with Crippen LogP contribution in [-0.4, -0.2) is 45.8 Å². The Labute approximate surface area is 126 Å². The van der Waals surface area contributed by atoms with Crippen molar-refractivity contribution in [2.75, 3.05) is 12.3 Å². The molecule has 5 heteroatoms. The number of carbonyl (C=O) groups is 2. The van der Waals surface area contributed by atoms with E-state index in [0.717, 1.165) is 12.2 Å². The fraction of sp³-hybridized carbons (Fsp3) is 0.867. The van der Waals surface area contributed by atoms with Crippen LogP contribution in [0.4, 0.5) is 0 Å². The second-order valence-electron chi connectivity index (χ2n) is 7.35. The minimum Gasteiger partial charge on any atom is -0.342 e. The Bertz CT molecular complexity index is 411. The van der Waals surface area contributed by atoms with Crippen molar-refractivity contribution in [1.82, 2.24) is 10.2 Å². The quantitative estimate of drug-likeness (QED) is 0.848. The van der Waals surface area contributed by atoms with E-state index in [1.165, 1.54) is 6.42 Å². The summed E-state index contributed by atoms with van der Waals surface area (Å²) in [5.74, 6) is 1.19. The van der Waals surface area contributed by atoms with E-state index in [0.29, 0.717) is 6.54 Å². The number of piperazine rings is 1. The van der Waals surface area contributed by atoms with E-state index in [-0.39, 0.29) is 28.0 Å². The first-order valence-electron chi connectivity index (χ1n) is 7.39. The Morgan fingerprint density at radius 1 is 1.40 bits per heavy atom. The lowest BCUT2D eigenvalue weighted by Crippen LogP contribution is -2.67. The van der Waals surface area contributed by atoms with Gasteiger partial charge >= 0.3 is 0 Å². The first-order chi connectivity index (χ1) is 9.14. The maximum atomic E-state index is 12.8. The minimum atomic E-state index is -0.416. The van der Waals surface area contributed by atoms with Crippen LogP contribution in [0.3, 0.4) is 0 Å². The molecule has 1 N–H and O–H groups in total. The monoisotopic (exact) mass is 298 g/mol. The number of nitrogens with zero attached hydrogens (tertiary/aromatic N) is 1. The molecule has 2 heterocycles. The molecule has 2 fully saturated rings. The summed E-state index contributed by atoms with van der Waals surface area (Å²) in [6.45, 7) is 10.7. The highest BCUT2D eigenvalue weighted by atomic mass is 32.2. The van der Waals surface area contributed by atoms with Gasteiger partial charge in [0.25, 0.3) is 0 Å². The number of hydrogen-bond acceptors (Lipinski definition) is 3. The Morgan fingerprint density at radius 3 is 2.55 bits per heavy atom. The third-order valence-corrected chi connectivity index (χ3v) is 5.86. The zero-order chi connectivity index (χ0) is 15.1. The third kappa shape index (κ3) is 2.97. The number of rotatable bonds is 2. The van der Waals surface area contributed by atoms with Crippen molar-refractivity contribution in [3.8, 4) is 0 Å². The first kappa shape index (κ1) is 15.7. The van der Waals surface area contributed by atoms with Crippen LogP contribution in [0, 0.1) is 5.41 Å². The highest BCUT2D eigenvalue weighted by Crippen LogP contribution is 2.39. The highest BCUT2D eigenvalue weighted by molar-refractivity contribution is 8.00. The molecule has 20 heavy (non-hydrogen) atoms. The molecule has 3 unspecified atom stereocenters. The summed E-state index contributed by atoms with van der Waals surface area (Å²) in [6.07, 6.45) is 2.32. The number of hydrogen-bond donors (Lipinski definition) is 1. The van der Waals surface area contributed by atoms with Crippen LogP contribution in [0.1, 0.15) is 47.5 Å². The van der Waals surface area contributed by atoms with Gasteiger partial charge in [-0.05, 0) is 37.9 Å². The summed E-state index contributed by atoms with van der Waals surface area (Å²) in [5.41, 5.74) is -0.255. The van der Waals surface area contributed by atoms with Crippen molar-refractivity contribution in [2.45, 2.75) is 64.3 Å². The largest absolute Gasteiger partial charge is 0.342 e. The van der Waals surface area contributed by atoms with Gasteiger partial charge in [-0.2, -0.15) is 11.8 Å². The van der Waals surface area contributed by atoms with Gasteiger partial charge in [-0.15, -0.1) is 0 Å². The van der Waals surface area contributed by atoms with Gasteiger partial charge in [0.2, 0.25) is 11.8 Å².